The zero-order valence-electron chi connectivity index (χ0n) is 18.0. The van der Waals surface area contributed by atoms with E-state index in [1.807, 2.05) is 91.9 Å². The first-order valence-electron chi connectivity index (χ1n) is 10.7. The van der Waals surface area contributed by atoms with Gasteiger partial charge < -0.3 is 0 Å². The molecule has 0 spiro atoms. The summed E-state index contributed by atoms with van der Waals surface area (Å²) in [5, 5.41) is -0.342. The van der Waals surface area contributed by atoms with Crippen molar-refractivity contribution in [3.8, 4) is 0 Å². The molecular weight excluding hydrogens is 479 g/mol. The van der Waals surface area contributed by atoms with Crippen molar-refractivity contribution in [1.82, 2.24) is 0 Å². The van der Waals surface area contributed by atoms with Gasteiger partial charge in [0, 0.05) is 0 Å². The normalized spacial score (nSPS) is 13.5. The average Bonchev–Trinajstić information content (AvgIpc) is 2.86. The zero-order valence-corrected chi connectivity index (χ0v) is 20.5. The number of halogens is 1. The number of carbonyl (C=O) groups excluding carboxylic acids is 1. The van der Waals surface area contributed by atoms with Crippen LogP contribution < -0.4 is 15.9 Å². The van der Waals surface area contributed by atoms with Gasteiger partial charge in [0.15, 0.2) is 0 Å². The van der Waals surface area contributed by atoms with E-state index < -0.39 is 11.0 Å². The van der Waals surface area contributed by atoms with E-state index in [9.17, 15) is 4.79 Å². The summed E-state index contributed by atoms with van der Waals surface area (Å²) in [6.45, 7) is 2.18. The van der Waals surface area contributed by atoms with Crippen molar-refractivity contribution in [1.29, 1.82) is 0 Å². The quantitative estimate of drug-likeness (QED) is 0.223. The van der Waals surface area contributed by atoms with Crippen LogP contribution in [0.4, 0.5) is 0 Å². The van der Waals surface area contributed by atoms with Crippen LogP contribution in [0.1, 0.15) is 18.1 Å². The minimum absolute atomic E-state index is 0.232. The van der Waals surface area contributed by atoms with Gasteiger partial charge in [-0.15, -0.1) is 0 Å². The first-order chi connectivity index (χ1) is 15.6. The van der Waals surface area contributed by atoms with Crippen molar-refractivity contribution < 1.29 is 9.53 Å². The van der Waals surface area contributed by atoms with Gasteiger partial charge in [-0.1, -0.05) is 0 Å². The molecule has 0 aromatic heterocycles. The van der Waals surface area contributed by atoms with E-state index in [0.29, 0.717) is 6.61 Å². The van der Waals surface area contributed by atoms with E-state index in [1.165, 1.54) is 0 Å². The molecule has 0 aliphatic carbocycles. The number of esters is 1. The summed E-state index contributed by atoms with van der Waals surface area (Å²) >= 11 is 4.42. The molecule has 0 aliphatic rings. The number of benzene rings is 4. The molecule has 0 aliphatic heterocycles. The Labute approximate surface area is 197 Å². The van der Waals surface area contributed by atoms with Gasteiger partial charge in [-0.3, -0.25) is 0 Å². The molecule has 4 heteroatoms. The molecule has 0 N–H and O–H groups in total. The minimum atomic E-state index is -3.59. The summed E-state index contributed by atoms with van der Waals surface area (Å²) in [5.74, 6) is -0.232. The number of hydrogen-bond acceptors (Lipinski definition) is 2. The molecule has 1 unspecified atom stereocenters. The Balaban J connectivity index is 2.22. The second-order valence-electron chi connectivity index (χ2n) is 7.65. The van der Waals surface area contributed by atoms with Gasteiger partial charge in [0.05, 0.1) is 0 Å². The van der Waals surface area contributed by atoms with Gasteiger partial charge in [0.1, 0.15) is 0 Å². The molecule has 1 atom stereocenters. The van der Waals surface area contributed by atoms with E-state index in [4.69, 9.17) is 4.74 Å². The summed E-state index contributed by atoms with van der Waals surface area (Å²) in [5.41, 5.74) is 0.367. The Morgan fingerprint density at radius 1 is 0.688 bits per heavy atom. The van der Waals surface area contributed by atoms with Gasteiger partial charge >= 0.3 is 198 Å². The molecule has 0 heterocycles. The van der Waals surface area contributed by atoms with Gasteiger partial charge in [-0.25, -0.2) is 0 Å². The summed E-state index contributed by atoms with van der Waals surface area (Å²) < 4.78 is 5.76. The van der Waals surface area contributed by atoms with Crippen LogP contribution in [0, 0.1) is 0 Å². The molecule has 0 saturated heterocycles. The van der Waals surface area contributed by atoms with Gasteiger partial charge in [-0.2, -0.15) is 0 Å². The standard InChI is InChI=1S/C28H26BrO2P/c1-2-31-28(30)27(23-15-7-3-8-16-23)32(29,24-17-9-4-10-18-24,25-19-11-5-12-20-25)26-21-13-6-14-22-26/h3-22,27H,2H2,1H3. The predicted octanol–water partition coefficient (Wildman–Crippen LogP) is 6.13. The first kappa shape index (κ1) is 22.5. The molecule has 162 valence electrons. The van der Waals surface area contributed by atoms with Gasteiger partial charge in [0.25, 0.3) is 0 Å². The van der Waals surface area contributed by atoms with Crippen LogP contribution in [0.3, 0.4) is 0 Å². The maximum absolute atomic E-state index is 13.9. The Bertz CT molecular complexity index is 1070. The second kappa shape index (κ2) is 9.40. The topological polar surface area (TPSA) is 26.3 Å². The van der Waals surface area contributed by atoms with Crippen LogP contribution in [0.15, 0.2) is 121 Å². The molecule has 0 radical (unpaired) electrons. The molecule has 0 saturated carbocycles. The third-order valence-corrected chi connectivity index (χ3v) is 16.2. The van der Waals surface area contributed by atoms with E-state index >= 15 is 0 Å². The van der Waals surface area contributed by atoms with Crippen LogP contribution in [0.2, 0.25) is 0 Å². The fourth-order valence-corrected chi connectivity index (χ4v) is 13.1. The van der Waals surface area contributed by atoms with Crippen molar-refractivity contribution in [2.24, 2.45) is 0 Å². The molecule has 0 bridgehead atoms. The Morgan fingerprint density at radius 3 is 1.38 bits per heavy atom. The van der Waals surface area contributed by atoms with E-state index in [1.54, 1.807) is 0 Å². The summed E-state index contributed by atoms with van der Waals surface area (Å²) in [4.78, 5) is 13.9. The van der Waals surface area contributed by atoms with E-state index in [2.05, 4.69) is 51.9 Å². The zero-order chi connectivity index (χ0) is 22.5. The molecule has 0 amide bonds. The van der Waals surface area contributed by atoms with Crippen LogP contribution in [-0.4, -0.2) is 12.6 Å². The summed E-state index contributed by atoms with van der Waals surface area (Å²) in [7, 11) is 0. The van der Waals surface area contributed by atoms with Crippen LogP contribution in [0.5, 0.6) is 0 Å². The molecule has 4 rings (SSSR count). The molecule has 32 heavy (non-hydrogen) atoms. The number of carbonyl (C=O) groups is 1. The van der Waals surface area contributed by atoms with Crippen molar-refractivity contribution in [3.63, 3.8) is 0 Å². The van der Waals surface area contributed by atoms with Gasteiger partial charge in [-0.05, 0) is 0 Å². The molecule has 4 aromatic carbocycles. The molecule has 0 fully saturated rings. The van der Waals surface area contributed by atoms with Crippen molar-refractivity contribution >= 4 is 42.7 Å². The SMILES string of the molecule is CCOC(=O)C(c1ccccc1)P(Br)(c1ccccc1)(c1ccccc1)c1ccccc1. The van der Waals surface area contributed by atoms with E-state index in [0.717, 1.165) is 21.5 Å². The van der Waals surface area contributed by atoms with Crippen LogP contribution >= 0.6 is 20.8 Å². The third kappa shape index (κ3) is 3.60. The van der Waals surface area contributed by atoms with Crippen LogP contribution in [-0.2, 0) is 9.53 Å². The summed E-state index contributed by atoms with van der Waals surface area (Å²) in [6.07, 6.45) is 0. The maximum atomic E-state index is 13.9. The molecule has 2 nitrogen and oxygen atoms in total. The Hall–Kier alpha value is -2.74. The van der Waals surface area contributed by atoms with Crippen molar-refractivity contribution in [3.05, 3.63) is 127 Å². The van der Waals surface area contributed by atoms with Gasteiger partial charge in [0.2, 0.25) is 0 Å². The second-order valence-corrected chi connectivity index (χ2v) is 16.3. The van der Waals surface area contributed by atoms with Crippen molar-refractivity contribution in [2.75, 3.05) is 6.61 Å². The Kier molecular flexibility index (Phi) is 6.60. The van der Waals surface area contributed by atoms with E-state index in [-0.39, 0.29) is 5.97 Å². The monoisotopic (exact) mass is 504 g/mol. The fourth-order valence-electron chi connectivity index (χ4n) is 4.52. The average molecular weight is 505 g/mol. The summed E-state index contributed by atoms with van der Waals surface area (Å²) in [6, 6.07) is 41.0. The third-order valence-electron chi connectivity index (χ3n) is 5.89. The molecular formula is C28H26BrO2P. The first-order valence-corrected chi connectivity index (χ1v) is 15.0. The Morgan fingerprint density at radius 2 is 1.03 bits per heavy atom. The van der Waals surface area contributed by atoms with Crippen molar-refractivity contribution in [2.45, 2.75) is 12.6 Å². The number of rotatable bonds is 7. The molecule has 4 aromatic rings. The number of ether oxygens (including phenoxy) is 1. The number of hydrogen-bond donors (Lipinski definition) is 0. The predicted molar refractivity (Wildman–Crippen MR) is 140 cm³/mol. The fraction of sp³-hybridized carbons (Fsp3) is 0.107. The van der Waals surface area contributed by atoms with Crippen LogP contribution in [0.25, 0.3) is 0 Å².